The summed E-state index contributed by atoms with van der Waals surface area (Å²) in [7, 11) is 0. The van der Waals surface area contributed by atoms with Gasteiger partial charge in [-0.15, -0.1) is 23.5 Å². The first-order chi connectivity index (χ1) is 29.2. The maximum Gasteiger partial charge on any atom is 0.416 e. The third kappa shape index (κ3) is 17.0. The Bertz CT molecular complexity index is 1960. The van der Waals surface area contributed by atoms with Gasteiger partial charge in [0.15, 0.2) is 23.5 Å². The summed E-state index contributed by atoms with van der Waals surface area (Å²) in [6.07, 6.45) is -7.39. The fourth-order valence-electron chi connectivity index (χ4n) is 6.21. The number of unbranched alkanes of at least 4 members (excludes halogenated alkanes) is 3. The SMILES string of the molecule is CCCCCC(=O)Cc1cc(C(F)(F)F)cc(CC(=O)c2cc(C(=O)Cc3cc(C(F)(F)F)cc(CC(=O)CCCCN)c3SCCN=C(N)N)ncn2)c1SCCN=C(N)N. The van der Waals surface area contributed by atoms with Crippen molar-refractivity contribution in [2.75, 3.05) is 31.1 Å². The largest absolute Gasteiger partial charge is 0.416 e. The van der Waals surface area contributed by atoms with Crippen LogP contribution in [-0.4, -0.2) is 76.2 Å². The van der Waals surface area contributed by atoms with Crippen molar-refractivity contribution in [2.24, 2.45) is 38.7 Å². The monoisotopic (exact) mass is 911 g/mol. The number of benzene rings is 2. The van der Waals surface area contributed by atoms with Crippen LogP contribution in [0.2, 0.25) is 0 Å². The first-order valence-corrected chi connectivity index (χ1v) is 21.6. The average molecular weight is 912 g/mol. The molecule has 0 aliphatic rings. The van der Waals surface area contributed by atoms with Crippen LogP contribution in [-0.2, 0) is 47.6 Å². The van der Waals surface area contributed by atoms with Crippen LogP contribution >= 0.6 is 23.5 Å². The number of halogens is 6. The number of aliphatic imine (C=N–C) groups is 2. The molecule has 338 valence electrons. The summed E-state index contributed by atoms with van der Waals surface area (Å²) >= 11 is 2.12. The van der Waals surface area contributed by atoms with E-state index in [1.807, 2.05) is 6.92 Å². The number of thioether (sulfide) groups is 2. The summed E-state index contributed by atoms with van der Waals surface area (Å²) in [4.78, 5) is 69.7. The van der Waals surface area contributed by atoms with Crippen molar-refractivity contribution in [3.63, 3.8) is 0 Å². The number of guanidine groups is 2. The van der Waals surface area contributed by atoms with E-state index >= 15 is 0 Å². The van der Waals surface area contributed by atoms with Crippen molar-refractivity contribution in [2.45, 2.75) is 99.7 Å². The Morgan fingerprint density at radius 1 is 0.597 bits per heavy atom. The van der Waals surface area contributed by atoms with E-state index < -0.39 is 47.9 Å². The third-order valence-corrected chi connectivity index (χ3v) is 11.5. The number of ketones is 4. The van der Waals surface area contributed by atoms with Crippen LogP contribution < -0.4 is 28.7 Å². The minimum absolute atomic E-state index is 0.0451. The lowest BCUT2D eigenvalue weighted by Gasteiger charge is -2.18. The Morgan fingerprint density at radius 3 is 1.34 bits per heavy atom. The highest BCUT2D eigenvalue weighted by Crippen LogP contribution is 2.39. The van der Waals surface area contributed by atoms with Gasteiger partial charge in [-0.25, -0.2) is 9.97 Å². The molecule has 3 rings (SSSR count). The molecule has 1 aromatic heterocycles. The summed E-state index contributed by atoms with van der Waals surface area (Å²) in [6, 6.07) is 4.40. The molecule has 0 atom stereocenters. The minimum atomic E-state index is -4.85. The Labute approximate surface area is 363 Å². The van der Waals surface area contributed by atoms with Crippen molar-refractivity contribution in [1.29, 1.82) is 0 Å². The second kappa shape index (κ2) is 24.6. The van der Waals surface area contributed by atoms with Gasteiger partial charge in [0.2, 0.25) is 0 Å². The van der Waals surface area contributed by atoms with Crippen LogP contribution in [0.4, 0.5) is 26.3 Å². The number of aromatic nitrogens is 2. The highest BCUT2D eigenvalue weighted by Gasteiger charge is 2.34. The van der Waals surface area contributed by atoms with Gasteiger partial charge in [-0.2, -0.15) is 26.3 Å². The number of hydrogen-bond acceptors (Lipinski definition) is 11. The molecular weight excluding hydrogens is 861 g/mol. The molecule has 0 saturated carbocycles. The van der Waals surface area contributed by atoms with Gasteiger partial charge in [-0.05, 0) is 78.4 Å². The van der Waals surface area contributed by atoms with E-state index in [2.05, 4.69) is 20.0 Å². The van der Waals surface area contributed by atoms with Crippen LogP contribution in [0.5, 0.6) is 0 Å². The molecule has 21 heteroatoms. The number of nitrogens with zero attached hydrogens (tertiary/aromatic N) is 4. The van der Waals surface area contributed by atoms with E-state index in [-0.39, 0.29) is 117 Å². The second-order valence-electron chi connectivity index (χ2n) is 14.2. The zero-order valence-corrected chi connectivity index (χ0v) is 35.8. The van der Waals surface area contributed by atoms with Crippen LogP contribution in [0.3, 0.4) is 0 Å². The summed E-state index contributed by atoms with van der Waals surface area (Å²) < 4.78 is 85.5. The molecular formula is C41H51F6N9O4S2. The molecule has 3 aromatic rings. The Balaban J connectivity index is 2.05. The van der Waals surface area contributed by atoms with E-state index in [1.165, 1.54) is 0 Å². The number of nitrogens with two attached hydrogens (primary N) is 5. The van der Waals surface area contributed by atoms with E-state index in [9.17, 15) is 45.5 Å². The zero-order valence-electron chi connectivity index (χ0n) is 34.2. The maximum absolute atomic E-state index is 14.2. The number of carbonyl (C=O) groups is 4. The Hall–Kier alpha value is -5.02. The van der Waals surface area contributed by atoms with Gasteiger partial charge in [-0.3, -0.25) is 29.2 Å². The van der Waals surface area contributed by atoms with E-state index in [4.69, 9.17) is 28.7 Å². The zero-order chi connectivity index (χ0) is 46.0. The molecule has 0 spiro atoms. The first kappa shape index (κ1) is 51.3. The minimum Gasteiger partial charge on any atom is -0.370 e. The van der Waals surface area contributed by atoms with Crippen molar-refractivity contribution < 1.29 is 45.5 Å². The molecule has 0 unspecified atom stereocenters. The van der Waals surface area contributed by atoms with Gasteiger partial charge < -0.3 is 28.7 Å². The van der Waals surface area contributed by atoms with Crippen molar-refractivity contribution in [3.8, 4) is 0 Å². The number of rotatable bonds is 26. The normalized spacial score (nSPS) is 11.6. The number of Topliss-reactive ketones (excluding diaryl/α,β-unsaturated/α-hetero) is 4. The predicted octanol–water partition coefficient (Wildman–Crippen LogP) is 6.03. The van der Waals surface area contributed by atoms with Crippen LogP contribution in [0.15, 0.2) is 56.4 Å². The third-order valence-electron chi connectivity index (χ3n) is 9.09. The molecule has 0 aliphatic carbocycles. The lowest BCUT2D eigenvalue weighted by molar-refractivity contribution is -0.138. The molecule has 0 saturated heterocycles. The highest BCUT2D eigenvalue weighted by molar-refractivity contribution is 7.99. The van der Waals surface area contributed by atoms with Gasteiger partial charge in [0, 0.05) is 59.8 Å². The number of alkyl halides is 6. The molecule has 0 aliphatic heterocycles. The Kier molecular flexibility index (Phi) is 20.3. The molecule has 1 heterocycles. The van der Waals surface area contributed by atoms with Gasteiger partial charge in [0.25, 0.3) is 0 Å². The van der Waals surface area contributed by atoms with E-state index in [0.29, 0.717) is 25.8 Å². The topological polar surface area (TPSA) is 249 Å². The number of hydrogen-bond donors (Lipinski definition) is 5. The molecule has 0 bridgehead atoms. The lowest BCUT2D eigenvalue weighted by Crippen LogP contribution is -2.23. The quantitative estimate of drug-likeness (QED) is 0.0154. The standard InChI is InChI=1S/C41H51F6N9O4S2/c1-2-3-4-7-30(57)18-24-14-28(40(42,43)44)16-26(36(24)61-12-10-53-38(49)50)20-34(59)32-22-33(56-23-55-32)35(60)21-27-17-29(41(45,46)47)15-25(19-31(58)8-5-6-9-48)37(27)62-13-11-54-39(51)52/h14-17,22-23H,2-13,18-21,48H2,1H3,(H4,49,50,53)(H4,51,52,54). The molecule has 0 fully saturated rings. The van der Waals surface area contributed by atoms with E-state index in [0.717, 1.165) is 73.0 Å². The number of carbonyl (C=O) groups excluding carboxylic acids is 4. The molecule has 62 heavy (non-hydrogen) atoms. The van der Waals surface area contributed by atoms with Crippen LogP contribution in [0.1, 0.15) is 106 Å². The molecule has 0 amide bonds. The van der Waals surface area contributed by atoms with E-state index in [1.54, 1.807) is 0 Å². The van der Waals surface area contributed by atoms with Gasteiger partial charge in [-0.1, -0.05) is 19.8 Å². The fraction of sp³-hybridized carbons (Fsp3) is 0.463. The maximum atomic E-state index is 14.2. The molecule has 2 aromatic carbocycles. The smallest absolute Gasteiger partial charge is 0.370 e. The fourth-order valence-corrected chi connectivity index (χ4v) is 8.25. The molecule has 10 N–H and O–H groups in total. The Morgan fingerprint density at radius 2 is 0.984 bits per heavy atom. The summed E-state index contributed by atoms with van der Waals surface area (Å²) in [5.74, 6) is -2.30. The average Bonchev–Trinajstić information content (AvgIpc) is 3.18. The lowest BCUT2D eigenvalue weighted by atomic mass is 9.95. The summed E-state index contributed by atoms with van der Waals surface area (Å²) in [5, 5.41) is 0. The van der Waals surface area contributed by atoms with Crippen LogP contribution in [0.25, 0.3) is 0 Å². The van der Waals surface area contributed by atoms with Gasteiger partial charge in [0.1, 0.15) is 29.3 Å². The summed E-state index contributed by atoms with van der Waals surface area (Å²) in [5.41, 5.74) is 24.4. The second-order valence-corrected chi connectivity index (χ2v) is 16.4. The van der Waals surface area contributed by atoms with Crippen LogP contribution in [0, 0.1) is 0 Å². The van der Waals surface area contributed by atoms with Crippen molar-refractivity contribution >= 4 is 58.6 Å². The van der Waals surface area contributed by atoms with Gasteiger partial charge >= 0.3 is 12.4 Å². The molecule has 13 nitrogen and oxygen atoms in total. The van der Waals surface area contributed by atoms with Crippen molar-refractivity contribution in [3.05, 3.63) is 81.4 Å². The highest BCUT2D eigenvalue weighted by atomic mass is 32.2. The predicted molar refractivity (Wildman–Crippen MR) is 228 cm³/mol. The van der Waals surface area contributed by atoms with Gasteiger partial charge in [0.05, 0.1) is 24.2 Å². The summed E-state index contributed by atoms with van der Waals surface area (Å²) in [6.45, 7) is 2.43. The first-order valence-electron chi connectivity index (χ1n) is 19.7. The molecule has 0 radical (unpaired) electrons. The van der Waals surface area contributed by atoms with Crippen molar-refractivity contribution in [1.82, 2.24) is 9.97 Å².